The number of amides is 1. The second kappa shape index (κ2) is 7.18. The van der Waals surface area contributed by atoms with Crippen LogP contribution in [0.25, 0.3) is 10.8 Å². The number of anilines is 2. The number of fused-ring (bicyclic) bond motifs is 1. The van der Waals surface area contributed by atoms with Gasteiger partial charge in [0, 0.05) is 18.7 Å². The molecule has 0 radical (unpaired) electrons. The summed E-state index contributed by atoms with van der Waals surface area (Å²) in [6.45, 7) is 1.59. The van der Waals surface area contributed by atoms with E-state index in [4.69, 9.17) is 0 Å². The molecule has 4 rings (SSSR count). The van der Waals surface area contributed by atoms with Crippen molar-refractivity contribution in [3.05, 3.63) is 72.3 Å². The number of nitrogens with zero attached hydrogens (tertiary/aromatic N) is 1. The molecule has 0 bridgehead atoms. The van der Waals surface area contributed by atoms with Gasteiger partial charge in [0.25, 0.3) is 5.91 Å². The van der Waals surface area contributed by atoms with Gasteiger partial charge in [0.2, 0.25) is 0 Å². The second-order valence-corrected chi connectivity index (χ2v) is 6.75. The van der Waals surface area contributed by atoms with E-state index in [1.807, 2.05) is 66.7 Å². The van der Waals surface area contributed by atoms with Crippen molar-refractivity contribution in [2.24, 2.45) is 0 Å². The average molecular weight is 346 g/mol. The maximum atomic E-state index is 12.8. The number of aliphatic hydroxyl groups is 1. The second-order valence-electron chi connectivity index (χ2n) is 6.75. The minimum Gasteiger partial charge on any atom is -0.393 e. The molecule has 1 aliphatic rings. The van der Waals surface area contributed by atoms with E-state index in [2.05, 4.69) is 10.2 Å². The van der Waals surface area contributed by atoms with Gasteiger partial charge in [-0.05, 0) is 47.9 Å². The van der Waals surface area contributed by atoms with E-state index in [-0.39, 0.29) is 12.0 Å². The molecule has 3 aromatic carbocycles. The summed E-state index contributed by atoms with van der Waals surface area (Å²) < 4.78 is 0. The summed E-state index contributed by atoms with van der Waals surface area (Å²) in [5.74, 6) is -0.111. The highest BCUT2D eigenvalue weighted by Crippen LogP contribution is 2.29. The predicted molar refractivity (Wildman–Crippen MR) is 106 cm³/mol. The molecule has 1 aliphatic heterocycles. The SMILES string of the molecule is O=C(Nc1ccccc1N1CCC(O)CC1)c1ccc2ccccc2c1. The van der Waals surface area contributed by atoms with Gasteiger partial charge in [0.05, 0.1) is 17.5 Å². The van der Waals surface area contributed by atoms with Crippen molar-refractivity contribution in [1.29, 1.82) is 0 Å². The van der Waals surface area contributed by atoms with Crippen molar-refractivity contribution >= 4 is 28.1 Å². The van der Waals surface area contributed by atoms with Crippen molar-refractivity contribution < 1.29 is 9.90 Å². The molecule has 132 valence electrons. The number of rotatable bonds is 3. The third-order valence-corrected chi connectivity index (χ3v) is 4.97. The Hall–Kier alpha value is -2.85. The van der Waals surface area contributed by atoms with Gasteiger partial charge < -0.3 is 15.3 Å². The van der Waals surface area contributed by atoms with Crippen LogP contribution < -0.4 is 10.2 Å². The van der Waals surface area contributed by atoms with Crippen LogP contribution in [-0.4, -0.2) is 30.2 Å². The Morgan fingerprint density at radius 2 is 1.62 bits per heavy atom. The van der Waals surface area contributed by atoms with Crippen LogP contribution in [0.15, 0.2) is 66.7 Å². The van der Waals surface area contributed by atoms with Crippen LogP contribution in [0.1, 0.15) is 23.2 Å². The zero-order valence-corrected chi connectivity index (χ0v) is 14.6. The van der Waals surface area contributed by atoms with Gasteiger partial charge >= 0.3 is 0 Å². The predicted octanol–water partition coefficient (Wildman–Crippen LogP) is 4.05. The van der Waals surface area contributed by atoms with Crippen LogP contribution in [0, 0.1) is 0 Å². The van der Waals surface area contributed by atoms with Crippen LogP contribution in [-0.2, 0) is 0 Å². The van der Waals surface area contributed by atoms with Crippen molar-refractivity contribution in [3.63, 3.8) is 0 Å². The molecule has 0 saturated carbocycles. The number of carbonyl (C=O) groups is 1. The lowest BCUT2D eigenvalue weighted by Gasteiger charge is -2.32. The molecule has 1 amide bonds. The Bertz CT molecular complexity index is 930. The molecule has 2 N–H and O–H groups in total. The molecular weight excluding hydrogens is 324 g/mol. The van der Waals surface area contributed by atoms with Gasteiger partial charge in [0.1, 0.15) is 0 Å². The van der Waals surface area contributed by atoms with Gasteiger partial charge in [-0.1, -0.05) is 42.5 Å². The molecule has 1 saturated heterocycles. The Labute approximate surface area is 153 Å². The minimum atomic E-state index is -0.217. The highest BCUT2D eigenvalue weighted by atomic mass is 16.3. The fraction of sp³-hybridized carbons (Fsp3) is 0.227. The van der Waals surface area contributed by atoms with Crippen molar-refractivity contribution in [2.45, 2.75) is 18.9 Å². The summed E-state index contributed by atoms with van der Waals surface area (Å²) in [5.41, 5.74) is 2.46. The zero-order valence-electron chi connectivity index (χ0n) is 14.6. The largest absolute Gasteiger partial charge is 0.393 e. The van der Waals surface area contributed by atoms with Gasteiger partial charge in [-0.2, -0.15) is 0 Å². The fourth-order valence-corrected chi connectivity index (χ4v) is 3.49. The number of nitrogens with one attached hydrogen (secondary N) is 1. The first-order valence-electron chi connectivity index (χ1n) is 9.03. The minimum absolute atomic E-state index is 0.111. The van der Waals surface area contributed by atoms with E-state index in [1.165, 1.54) is 0 Å². The lowest BCUT2D eigenvalue weighted by atomic mass is 10.1. The number of piperidine rings is 1. The van der Waals surface area contributed by atoms with E-state index in [1.54, 1.807) is 0 Å². The van der Waals surface area contributed by atoms with Crippen molar-refractivity contribution in [3.8, 4) is 0 Å². The molecule has 4 heteroatoms. The maximum absolute atomic E-state index is 12.8. The average Bonchev–Trinajstić information content (AvgIpc) is 2.69. The number of hydrogen-bond donors (Lipinski definition) is 2. The lowest BCUT2D eigenvalue weighted by Crippen LogP contribution is -2.36. The molecule has 1 heterocycles. The number of benzene rings is 3. The maximum Gasteiger partial charge on any atom is 0.255 e. The molecule has 0 atom stereocenters. The summed E-state index contributed by atoms with van der Waals surface area (Å²) in [4.78, 5) is 15.0. The summed E-state index contributed by atoms with van der Waals surface area (Å²) in [7, 11) is 0. The summed E-state index contributed by atoms with van der Waals surface area (Å²) >= 11 is 0. The molecule has 4 nitrogen and oxygen atoms in total. The molecule has 1 fully saturated rings. The van der Waals surface area contributed by atoms with Crippen LogP contribution in [0.5, 0.6) is 0 Å². The Morgan fingerprint density at radius 1 is 0.923 bits per heavy atom. The molecule has 0 aromatic heterocycles. The Balaban J connectivity index is 1.57. The highest BCUT2D eigenvalue weighted by Gasteiger charge is 2.20. The molecule has 3 aromatic rings. The quantitative estimate of drug-likeness (QED) is 0.752. The van der Waals surface area contributed by atoms with Gasteiger partial charge in [-0.15, -0.1) is 0 Å². The van der Waals surface area contributed by atoms with Crippen LogP contribution in [0.3, 0.4) is 0 Å². The standard InChI is InChI=1S/C22H22N2O2/c25-19-11-13-24(14-12-19)21-8-4-3-7-20(21)23-22(26)18-10-9-16-5-1-2-6-17(16)15-18/h1-10,15,19,25H,11-14H2,(H,23,26). The van der Waals surface area contributed by atoms with E-state index in [9.17, 15) is 9.90 Å². The summed E-state index contributed by atoms with van der Waals surface area (Å²) in [6, 6.07) is 21.6. The van der Waals surface area contributed by atoms with Crippen LogP contribution in [0.4, 0.5) is 11.4 Å². The molecule has 26 heavy (non-hydrogen) atoms. The number of carbonyl (C=O) groups excluding carboxylic acids is 1. The summed E-state index contributed by atoms with van der Waals surface area (Å²) in [5, 5.41) is 15.0. The van der Waals surface area contributed by atoms with Gasteiger partial charge in [-0.3, -0.25) is 4.79 Å². The highest BCUT2D eigenvalue weighted by molar-refractivity contribution is 6.07. The third-order valence-electron chi connectivity index (χ3n) is 4.97. The van der Waals surface area contributed by atoms with Crippen molar-refractivity contribution in [1.82, 2.24) is 0 Å². The lowest BCUT2D eigenvalue weighted by molar-refractivity contribution is 0.102. The van der Waals surface area contributed by atoms with Crippen molar-refractivity contribution in [2.75, 3.05) is 23.3 Å². The molecule has 0 aliphatic carbocycles. The molecular formula is C22H22N2O2. The van der Waals surface area contributed by atoms with Crippen LogP contribution in [0.2, 0.25) is 0 Å². The molecule has 0 spiro atoms. The normalized spacial score (nSPS) is 15.2. The number of para-hydroxylation sites is 2. The monoisotopic (exact) mass is 346 g/mol. The first-order chi connectivity index (χ1) is 12.7. The zero-order chi connectivity index (χ0) is 17.9. The number of hydrogen-bond acceptors (Lipinski definition) is 3. The first-order valence-corrected chi connectivity index (χ1v) is 9.03. The van der Waals surface area contributed by atoms with Crippen LogP contribution >= 0.6 is 0 Å². The van der Waals surface area contributed by atoms with E-state index < -0.39 is 0 Å². The fourth-order valence-electron chi connectivity index (χ4n) is 3.49. The van der Waals surface area contributed by atoms with Gasteiger partial charge in [-0.25, -0.2) is 0 Å². The smallest absolute Gasteiger partial charge is 0.255 e. The third kappa shape index (κ3) is 3.41. The Morgan fingerprint density at radius 3 is 2.42 bits per heavy atom. The Kier molecular flexibility index (Phi) is 4.59. The molecule has 0 unspecified atom stereocenters. The van der Waals surface area contributed by atoms with Gasteiger partial charge in [0.15, 0.2) is 0 Å². The topological polar surface area (TPSA) is 52.6 Å². The van der Waals surface area contributed by atoms with E-state index in [0.717, 1.165) is 48.1 Å². The number of aliphatic hydroxyl groups excluding tert-OH is 1. The summed E-state index contributed by atoms with van der Waals surface area (Å²) in [6.07, 6.45) is 1.30. The van der Waals surface area contributed by atoms with E-state index in [0.29, 0.717) is 5.56 Å². The first kappa shape index (κ1) is 16.6. The van der Waals surface area contributed by atoms with E-state index >= 15 is 0 Å².